The smallest absolute Gasteiger partial charge is 0.310 e. The molecule has 154 valence electrons. The van der Waals surface area contributed by atoms with Crippen LogP contribution in [0.4, 0.5) is 5.69 Å². The van der Waals surface area contributed by atoms with Crippen molar-refractivity contribution in [2.24, 2.45) is 5.41 Å². The lowest BCUT2D eigenvalue weighted by molar-refractivity contribution is -0.145. The van der Waals surface area contributed by atoms with E-state index in [0.717, 1.165) is 5.56 Å². The fourth-order valence-electron chi connectivity index (χ4n) is 2.47. The van der Waals surface area contributed by atoms with E-state index >= 15 is 0 Å². The van der Waals surface area contributed by atoms with Crippen LogP contribution in [0.3, 0.4) is 0 Å². The van der Waals surface area contributed by atoms with E-state index in [0.29, 0.717) is 17.0 Å². The maximum Gasteiger partial charge on any atom is 0.310 e. The number of amides is 1. The van der Waals surface area contributed by atoms with Crippen molar-refractivity contribution in [2.45, 2.75) is 40.2 Å². The number of carbonyl (C=O) groups is 3. The van der Waals surface area contributed by atoms with Crippen LogP contribution in [0.15, 0.2) is 48.5 Å². The monoisotopic (exact) mass is 397 g/mol. The van der Waals surface area contributed by atoms with Crippen LogP contribution in [-0.2, 0) is 20.7 Å². The summed E-state index contributed by atoms with van der Waals surface area (Å²) in [4.78, 5) is 36.7. The van der Waals surface area contributed by atoms with Gasteiger partial charge >= 0.3 is 5.97 Å². The van der Waals surface area contributed by atoms with Crippen LogP contribution < -0.4 is 10.1 Å². The van der Waals surface area contributed by atoms with Crippen molar-refractivity contribution in [1.82, 2.24) is 0 Å². The molecule has 0 aliphatic rings. The summed E-state index contributed by atoms with van der Waals surface area (Å²) in [5.41, 5.74) is 1.27. The minimum absolute atomic E-state index is 0.0688. The number of methoxy groups -OCH3 is 1. The Bertz CT molecular complexity index is 864. The molecule has 0 radical (unpaired) electrons. The molecule has 0 bridgehead atoms. The van der Waals surface area contributed by atoms with E-state index in [1.165, 1.54) is 0 Å². The molecule has 0 aliphatic heterocycles. The van der Waals surface area contributed by atoms with Crippen LogP contribution in [0.25, 0.3) is 0 Å². The summed E-state index contributed by atoms with van der Waals surface area (Å²) in [6, 6.07) is 13.6. The number of rotatable bonds is 7. The lowest BCUT2D eigenvalue weighted by Gasteiger charge is -2.18. The third-order valence-electron chi connectivity index (χ3n) is 4.29. The van der Waals surface area contributed by atoms with Crippen molar-refractivity contribution in [2.75, 3.05) is 12.4 Å². The van der Waals surface area contributed by atoms with E-state index in [9.17, 15) is 14.4 Å². The van der Waals surface area contributed by atoms with Crippen LogP contribution in [0.2, 0.25) is 0 Å². The van der Waals surface area contributed by atoms with Crippen LogP contribution >= 0.6 is 0 Å². The van der Waals surface area contributed by atoms with Crippen LogP contribution in [0.1, 0.15) is 43.6 Å². The molecule has 1 amide bonds. The first-order chi connectivity index (χ1) is 13.6. The van der Waals surface area contributed by atoms with E-state index in [4.69, 9.17) is 9.47 Å². The molecule has 2 aromatic carbocycles. The number of hydrogen-bond donors (Lipinski definition) is 1. The zero-order chi connectivity index (χ0) is 21.6. The van der Waals surface area contributed by atoms with E-state index in [1.54, 1.807) is 62.6 Å². The minimum atomic E-state index is -0.907. The van der Waals surface area contributed by atoms with Crippen molar-refractivity contribution in [3.8, 4) is 5.75 Å². The molecule has 0 spiro atoms. The number of carbonyl (C=O) groups excluding carboxylic acids is 3. The molecule has 1 N–H and O–H groups in total. The van der Waals surface area contributed by atoms with Crippen molar-refractivity contribution >= 4 is 23.3 Å². The highest BCUT2D eigenvalue weighted by Crippen LogP contribution is 2.19. The Kier molecular flexibility index (Phi) is 7.15. The molecule has 6 heteroatoms. The summed E-state index contributed by atoms with van der Waals surface area (Å²) in [5.74, 6) is -0.197. The first-order valence-corrected chi connectivity index (χ1v) is 9.38. The second kappa shape index (κ2) is 9.37. The van der Waals surface area contributed by atoms with Gasteiger partial charge in [0.05, 0.1) is 13.5 Å². The van der Waals surface area contributed by atoms with Gasteiger partial charge < -0.3 is 14.8 Å². The Morgan fingerprint density at radius 2 is 1.55 bits per heavy atom. The Morgan fingerprint density at radius 3 is 2.07 bits per heavy atom. The number of anilines is 1. The highest BCUT2D eigenvalue weighted by atomic mass is 16.5. The first-order valence-electron chi connectivity index (χ1n) is 9.38. The predicted octanol–water partition coefficient (Wildman–Crippen LogP) is 4.04. The van der Waals surface area contributed by atoms with Gasteiger partial charge in [-0.1, -0.05) is 32.9 Å². The summed E-state index contributed by atoms with van der Waals surface area (Å²) < 4.78 is 10.4. The van der Waals surface area contributed by atoms with Gasteiger partial charge in [-0.25, -0.2) is 0 Å². The quantitative estimate of drug-likeness (QED) is 0.563. The molecule has 2 aromatic rings. The molecule has 0 aliphatic carbocycles. The molecule has 29 heavy (non-hydrogen) atoms. The fourth-order valence-corrected chi connectivity index (χ4v) is 2.47. The number of benzene rings is 2. The average molecular weight is 397 g/mol. The van der Waals surface area contributed by atoms with Crippen molar-refractivity contribution in [3.05, 3.63) is 59.7 Å². The average Bonchev–Trinajstić information content (AvgIpc) is 2.67. The summed E-state index contributed by atoms with van der Waals surface area (Å²) in [6.07, 6.45) is -0.838. The molecular formula is C23H27NO5. The van der Waals surface area contributed by atoms with Crippen LogP contribution in [0, 0.1) is 5.41 Å². The third-order valence-corrected chi connectivity index (χ3v) is 4.29. The van der Waals surface area contributed by atoms with E-state index < -0.39 is 17.5 Å². The molecule has 0 aromatic heterocycles. The van der Waals surface area contributed by atoms with Crippen LogP contribution in [0.5, 0.6) is 5.75 Å². The molecule has 6 nitrogen and oxygen atoms in total. The molecule has 0 heterocycles. The number of nitrogens with one attached hydrogen (secondary N) is 1. The molecule has 0 fully saturated rings. The van der Waals surface area contributed by atoms with E-state index in [-0.39, 0.29) is 18.1 Å². The molecule has 0 saturated heterocycles. The number of esters is 1. The lowest BCUT2D eigenvalue weighted by atomic mass is 9.95. The Labute approximate surface area is 171 Å². The van der Waals surface area contributed by atoms with Gasteiger partial charge in [0.25, 0.3) is 0 Å². The number of Topliss-reactive ketones (excluding diaryl/α,β-unsaturated/α-hetero) is 1. The predicted molar refractivity (Wildman–Crippen MR) is 111 cm³/mol. The zero-order valence-electron chi connectivity index (χ0n) is 17.4. The molecule has 0 saturated carbocycles. The normalized spacial score (nSPS) is 12.0. The Hall–Kier alpha value is -3.15. The molecule has 1 unspecified atom stereocenters. The molecule has 1 atom stereocenters. The van der Waals surface area contributed by atoms with Gasteiger partial charge in [-0.3, -0.25) is 14.4 Å². The number of ether oxygens (including phenoxy) is 2. The summed E-state index contributed by atoms with van der Waals surface area (Å²) in [7, 11) is 1.57. The standard InChI is InChI=1S/C23H27NO5/c1-15(29-20(25)14-16-6-12-19(28-5)13-7-16)21(26)17-8-10-18(11-9-17)24-22(27)23(2,3)4/h6-13,15H,14H2,1-5H3,(H,24,27). The topological polar surface area (TPSA) is 81.7 Å². The maximum absolute atomic E-state index is 12.5. The summed E-state index contributed by atoms with van der Waals surface area (Å²) >= 11 is 0. The highest BCUT2D eigenvalue weighted by Gasteiger charge is 2.22. The van der Waals surface area contributed by atoms with Gasteiger partial charge in [-0.2, -0.15) is 0 Å². The second-order valence-electron chi connectivity index (χ2n) is 7.80. The second-order valence-corrected chi connectivity index (χ2v) is 7.80. The van der Waals surface area contributed by atoms with Gasteiger partial charge in [0.2, 0.25) is 11.7 Å². The largest absolute Gasteiger partial charge is 0.497 e. The van der Waals surface area contributed by atoms with Crippen molar-refractivity contribution < 1.29 is 23.9 Å². The maximum atomic E-state index is 12.5. The third kappa shape index (κ3) is 6.45. The van der Waals surface area contributed by atoms with Crippen molar-refractivity contribution in [1.29, 1.82) is 0 Å². The Morgan fingerprint density at radius 1 is 0.966 bits per heavy atom. The Balaban J connectivity index is 1.93. The number of hydrogen-bond acceptors (Lipinski definition) is 5. The molecular weight excluding hydrogens is 370 g/mol. The zero-order valence-corrected chi connectivity index (χ0v) is 17.4. The van der Waals surface area contributed by atoms with Gasteiger partial charge in [0.1, 0.15) is 5.75 Å². The summed E-state index contributed by atoms with van der Waals surface area (Å²) in [6.45, 7) is 7.01. The fraction of sp³-hybridized carbons (Fsp3) is 0.348. The number of ketones is 1. The summed E-state index contributed by atoms with van der Waals surface area (Å²) in [5, 5.41) is 2.80. The minimum Gasteiger partial charge on any atom is -0.497 e. The van der Waals surface area contributed by atoms with Gasteiger partial charge in [-0.05, 0) is 48.9 Å². The van der Waals surface area contributed by atoms with E-state index in [1.807, 2.05) is 20.8 Å². The van der Waals surface area contributed by atoms with E-state index in [2.05, 4.69) is 5.32 Å². The van der Waals surface area contributed by atoms with Gasteiger partial charge in [0, 0.05) is 16.7 Å². The van der Waals surface area contributed by atoms with Crippen LogP contribution in [-0.4, -0.2) is 30.9 Å². The highest BCUT2D eigenvalue weighted by molar-refractivity contribution is 6.01. The first kappa shape index (κ1) is 22.1. The SMILES string of the molecule is COc1ccc(CC(=O)OC(C)C(=O)c2ccc(NC(=O)C(C)(C)C)cc2)cc1. The molecule has 2 rings (SSSR count). The van der Waals surface area contributed by atoms with Gasteiger partial charge in [0.15, 0.2) is 6.10 Å². The van der Waals surface area contributed by atoms with Crippen molar-refractivity contribution in [3.63, 3.8) is 0 Å². The van der Waals surface area contributed by atoms with Gasteiger partial charge in [-0.15, -0.1) is 0 Å². The lowest BCUT2D eigenvalue weighted by Crippen LogP contribution is -2.27.